The monoisotopic (exact) mass is 315 g/mol. The lowest BCUT2D eigenvalue weighted by molar-refractivity contribution is 1.13. The molecule has 21 heavy (non-hydrogen) atoms. The van der Waals surface area contributed by atoms with Crippen LogP contribution in [0.5, 0.6) is 0 Å². The van der Waals surface area contributed by atoms with Crippen molar-refractivity contribution in [1.82, 2.24) is 4.98 Å². The number of allylic oxidation sites excluding steroid dienone is 2. The summed E-state index contributed by atoms with van der Waals surface area (Å²) in [5, 5.41) is 4.85. The van der Waals surface area contributed by atoms with E-state index >= 15 is 0 Å². The Balaban J connectivity index is 2.31. The predicted octanol–water partition coefficient (Wildman–Crippen LogP) is 6.03. The van der Waals surface area contributed by atoms with Crippen LogP contribution in [-0.4, -0.2) is 4.98 Å². The second-order valence-electron chi connectivity index (χ2n) is 5.17. The van der Waals surface area contributed by atoms with Crippen LogP contribution in [0.25, 0.3) is 21.7 Å². The molecule has 3 rings (SSSR count). The van der Waals surface area contributed by atoms with Crippen molar-refractivity contribution in [2.75, 3.05) is 0 Å². The van der Waals surface area contributed by atoms with Crippen molar-refractivity contribution >= 4 is 44.9 Å². The molecule has 0 bridgehead atoms. The number of aromatic nitrogens is 1. The van der Waals surface area contributed by atoms with E-state index in [1.54, 1.807) is 0 Å². The van der Waals surface area contributed by atoms with Crippen molar-refractivity contribution in [3.05, 3.63) is 63.8 Å². The van der Waals surface area contributed by atoms with Gasteiger partial charge < -0.3 is 0 Å². The number of pyridine rings is 1. The number of benzene rings is 2. The highest BCUT2D eigenvalue weighted by molar-refractivity contribution is 6.37. The van der Waals surface area contributed by atoms with Crippen LogP contribution in [0.2, 0.25) is 5.02 Å². The molecular formula is C18H15Cl2N. The van der Waals surface area contributed by atoms with Gasteiger partial charge in [0, 0.05) is 21.5 Å². The van der Waals surface area contributed by atoms with E-state index in [1.807, 2.05) is 38.1 Å². The molecule has 0 atom stereocenters. The molecule has 0 unspecified atom stereocenters. The second kappa shape index (κ2) is 5.67. The van der Waals surface area contributed by atoms with Gasteiger partial charge in [-0.1, -0.05) is 65.7 Å². The van der Waals surface area contributed by atoms with Gasteiger partial charge in [0.1, 0.15) is 0 Å². The van der Waals surface area contributed by atoms with Crippen molar-refractivity contribution in [1.29, 1.82) is 0 Å². The molecule has 2 aromatic carbocycles. The minimum Gasteiger partial charge on any atom is -0.252 e. The summed E-state index contributed by atoms with van der Waals surface area (Å²) in [5.74, 6) is 0. The molecule has 0 amide bonds. The molecule has 0 saturated carbocycles. The number of halogens is 2. The molecule has 3 aromatic rings. The van der Waals surface area contributed by atoms with Crippen molar-refractivity contribution < 1.29 is 0 Å². The van der Waals surface area contributed by atoms with Gasteiger partial charge >= 0.3 is 0 Å². The molecule has 0 N–H and O–H groups in total. The van der Waals surface area contributed by atoms with Gasteiger partial charge in [0.2, 0.25) is 0 Å². The summed E-state index contributed by atoms with van der Waals surface area (Å²) in [6.07, 6.45) is 2.67. The summed E-state index contributed by atoms with van der Waals surface area (Å²) in [6.45, 7) is 3.87. The van der Waals surface area contributed by atoms with Gasteiger partial charge in [-0.05, 0) is 31.2 Å². The largest absolute Gasteiger partial charge is 0.252 e. The molecule has 0 spiro atoms. The topological polar surface area (TPSA) is 12.9 Å². The molecule has 0 fully saturated rings. The van der Waals surface area contributed by atoms with Gasteiger partial charge in [-0.2, -0.15) is 0 Å². The Morgan fingerprint density at radius 1 is 1.14 bits per heavy atom. The Bertz CT molecular complexity index is 862. The first kappa shape index (κ1) is 14.4. The van der Waals surface area contributed by atoms with E-state index in [0.717, 1.165) is 37.6 Å². The van der Waals surface area contributed by atoms with Crippen molar-refractivity contribution in [3.63, 3.8) is 0 Å². The number of fused-ring (bicyclic) bond motifs is 3. The number of hydrogen-bond donors (Lipinski definition) is 0. The highest BCUT2D eigenvalue weighted by atomic mass is 35.5. The first-order valence-corrected chi connectivity index (χ1v) is 7.62. The second-order valence-corrected chi connectivity index (χ2v) is 6.14. The van der Waals surface area contributed by atoms with Crippen molar-refractivity contribution in [3.8, 4) is 0 Å². The molecule has 3 heteroatoms. The van der Waals surface area contributed by atoms with Gasteiger partial charge in [0.25, 0.3) is 0 Å². The molecule has 0 aliphatic carbocycles. The van der Waals surface area contributed by atoms with Gasteiger partial charge in [-0.15, -0.1) is 0 Å². The Kier molecular flexibility index (Phi) is 3.88. The highest BCUT2D eigenvalue weighted by Gasteiger charge is 2.12. The van der Waals surface area contributed by atoms with Gasteiger partial charge in [-0.3, -0.25) is 4.98 Å². The Morgan fingerprint density at radius 3 is 2.67 bits per heavy atom. The maximum Gasteiger partial charge on any atom is 0.0798 e. The van der Waals surface area contributed by atoms with E-state index < -0.39 is 0 Å². The van der Waals surface area contributed by atoms with Gasteiger partial charge in [-0.25, -0.2) is 0 Å². The Morgan fingerprint density at radius 2 is 1.90 bits per heavy atom. The van der Waals surface area contributed by atoms with Crippen LogP contribution in [0.1, 0.15) is 18.2 Å². The average Bonchev–Trinajstić information content (AvgIpc) is 2.46. The summed E-state index contributed by atoms with van der Waals surface area (Å²) >= 11 is 12.5. The van der Waals surface area contributed by atoms with E-state index in [0.29, 0.717) is 6.42 Å². The van der Waals surface area contributed by atoms with Gasteiger partial charge in [0.15, 0.2) is 0 Å². The Labute approximate surface area is 134 Å². The lowest BCUT2D eigenvalue weighted by Gasteiger charge is -2.11. The van der Waals surface area contributed by atoms with Crippen LogP contribution >= 0.6 is 23.2 Å². The summed E-state index contributed by atoms with van der Waals surface area (Å²) in [7, 11) is 0. The van der Waals surface area contributed by atoms with Crippen LogP contribution in [0, 0.1) is 6.92 Å². The van der Waals surface area contributed by atoms with E-state index in [9.17, 15) is 0 Å². The maximum absolute atomic E-state index is 6.62. The standard InChI is InChI=1S/C18H15Cl2N/c1-11(19)7-9-14-12(2)21-18-15-6-4-3-5-13(15)8-10-16(18)17(14)20/h3-8,10H,9H2,1-2H3/b11-7+. The van der Waals surface area contributed by atoms with Gasteiger partial charge in [0.05, 0.1) is 10.5 Å². The summed E-state index contributed by atoms with van der Waals surface area (Å²) in [6, 6.07) is 12.4. The zero-order valence-corrected chi connectivity index (χ0v) is 13.5. The predicted molar refractivity (Wildman–Crippen MR) is 92.3 cm³/mol. The molecule has 0 saturated heterocycles. The zero-order chi connectivity index (χ0) is 15.0. The first-order valence-electron chi connectivity index (χ1n) is 6.86. The third kappa shape index (κ3) is 2.64. The van der Waals surface area contributed by atoms with E-state index in [2.05, 4.69) is 18.2 Å². The smallest absolute Gasteiger partial charge is 0.0798 e. The van der Waals surface area contributed by atoms with E-state index in [4.69, 9.17) is 28.2 Å². The fraction of sp³-hybridized carbons (Fsp3) is 0.167. The third-order valence-corrected chi connectivity index (χ3v) is 4.29. The van der Waals surface area contributed by atoms with Crippen LogP contribution in [0.15, 0.2) is 47.5 Å². The molecule has 1 aromatic heterocycles. The number of nitrogens with zero attached hydrogens (tertiary/aromatic N) is 1. The van der Waals surface area contributed by atoms with Crippen LogP contribution in [0.3, 0.4) is 0 Å². The molecular weight excluding hydrogens is 301 g/mol. The molecule has 1 heterocycles. The van der Waals surface area contributed by atoms with E-state index in [-0.39, 0.29) is 0 Å². The number of rotatable bonds is 2. The SMILES string of the molecule is C/C(Cl)=C\Cc1c(C)nc2c(ccc3ccccc32)c1Cl. The molecule has 1 nitrogen and oxygen atoms in total. The lowest BCUT2D eigenvalue weighted by Crippen LogP contribution is -1.96. The van der Waals surface area contributed by atoms with Crippen molar-refractivity contribution in [2.45, 2.75) is 20.3 Å². The zero-order valence-electron chi connectivity index (χ0n) is 12.0. The third-order valence-electron chi connectivity index (χ3n) is 3.71. The molecule has 0 radical (unpaired) electrons. The highest BCUT2D eigenvalue weighted by Crippen LogP contribution is 2.33. The van der Waals surface area contributed by atoms with Crippen LogP contribution in [0.4, 0.5) is 0 Å². The first-order chi connectivity index (χ1) is 10.1. The summed E-state index contributed by atoms with van der Waals surface area (Å²) < 4.78 is 0. The van der Waals surface area contributed by atoms with Crippen molar-refractivity contribution in [2.24, 2.45) is 0 Å². The molecule has 106 valence electrons. The Hall–Kier alpha value is -1.57. The lowest BCUT2D eigenvalue weighted by atomic mass is 10.0. The average molecular weight is 316 g/mol. The summed E-state index contributed by atoms with van der Waals surface area (Å²) in [4.78, 5) is 4.79. The van der Waals surface area contributed by atoms with Crippen LogP contribution in [-0.2, 0) is 6.42 Å². The number of hydrogen-bond acceptors (Lipinski definition) is 1. The quantitative estimate of drug-likeness (QED) is 0.526. The summed E-state index contributed by atoms with van der Waals surface area (Å²) in [5.41, 5.74) is 2.96. The van der Waals surface area contributed by atoms with E-state index in [1.165, 1.54) is 5.39 Å². The minimum absolute atomic E-state index is 0.704. The minimum atomic E-state index is 0.704. The maximum atomic E-state index is 6.62. The normalized spacial score (nSPS) is 12.3. The number of aryl methyl sites for hydroxylation is 1. The fourth-order valence-electron chi connectivity index (χ4n) is 2.59. The molecule has 0 aliphatic heterocycles. The molecule has 0 aliphatic rings. The van der Waals surface area contributed by atoms with Crippen LogP contribution < -0.4 is 0 Å². The fourth-order valence-corrected chi connectivity index (χ4v) is 3.03.